The number of fused-ring (bicyclic) bond motifs is 1. The molecule has 1 N–H and O–H groups in total. The molecule has 1 aromatic rings. The number of benzene rings is 1. The molecule has 0 amide bonds. The molecule has 0 heterocycles. The summed E-state index contributed by atoms with van der Waals surface area (Å²) < 4.78 is 4.93. The summed E-state index contributed by atoms with van der Waals surface area (Å²) in [7, 11) is 0. The highest BCUT2D eigenvalue weighted by molar-refractivity contribution is 6.51. The molecule has 0 radical (unpaired) electrons. The van der Waals surface area contributed by atoms with Gasteiger partial charge >= 0.3 is 0 Å². The van der Waals surface area contributed by atoms with E-state index < -0.39 is 11.6 Å². The molecule has 0 unspecified atom stereocenters. The minimum absolute atomic E-state index is 0.311. The maximum Gasteiger partial charge on any atom is 0.249 e. The predicted octanol–water partition coefficient (Wildman–Crippen LogP) is 1.54. The second-order valence-electron chi connectivity index (χ2n) is 3.77. The van der Waals surface area contributed by atoms with Crippen LogP contribution < -0.4 is 5.32 Å². The van der Waals surface area contributed by atoms with Crippen LogP contribution in [0, 0.1) is 0 Å². The van der Waals surface area contributed by atoms with Crippen molar-refractivity contribution in [3.05, 3.63) is 53.9 Å². The Morgan fingerprint density at radius 1 is 1.22 bits per heavy atom. The molecule has 0 saturated heterocycles. The van der Waals surface area contributed by atoms with E-state index in [2.05, 4.69) is 11.9 Å². The van der Waals surface area contributed by atoms with Crippen LogP contribution in [0.3, 0.4) is 0 Å². The molecule has 0 bridgehead atoms. The van der Waals surface area contributed by atoms with Crippen molar-refractivity contribution in [3.63, 3.8) is 0 Å². The molecule has 0 saturated carbocycles. The standard InChI is InChI=1S/C14H13NO3/c1-2-18-8-7-15-12-9-10-5-3-4-6-11(10)13(16)14(12)17/h2-6,9,15H,1,7-8H2. The van der Waals surface area contributed by atoms with Crippen LogP contribution in [0.15, 0.2) is 42.8 Å². The highest BCUT2D eigenvalue weighted by Crippen LogP contribution is 2.19. The first-order valence-electron chi connectivity index (χ1n) is 5.60. The van der Waals surface area contributed by atoms with Crippen molar-refractivity contribution in [1.29, 1.82) is 0 Å². The number of carbonyl (C=O) groups is 2. The van der Waals surface area contributed by atoms with Gasteiger partial charge in [-0.05, 0) is 11.6 Å². The van der Waals surface area contributed by atoms with E-state index >= 15 is 0 Å². The lowest BCUT2D eigenvalue weighted by Gasteiger charge is -2.15. The lowest BCUT2D eigenvalue weighted by Crippen LogP contribution is -2.31. The third-order valence-corrected chi connectivity index (χ3v) is 2.61. The smallest absolute Gasteiger partial charge is 0.249 e. The number of allylic oxidation sites excluding steroid dienone is 1. The average Bonchev–Trinajstić information content (AvgIpc) is 2.40. The normalized spacial score (nSPS) is 13.7. The van der Waals surface area contributed by atoms with Crippen LogP contribution in [-0.4, -0.2) is 24.7 Å². The Hall–Kier alpha value is -2.36. The van der Waals surface area contributed by atoms with Crippen LogP contribution in [-0.2, 0) is 9.53 Å². The van der Waals surface area contributed by atoms with Gasteiger partial charge in [-0.2, -0.15) is 0 Å². The van der Waals surface area contributed by atoms with Crippen LogP contribution in [0.25, 0.3) is 6.08 Å². The van der Waals surface area contributed by atoms with Crippen molar-refractivity contribution < 1.29 is 14.3 Å². The fourth-order valence-electron chi connectivity index (χ4n) is 1.75. The summed E-state index contributed by atoms with van der Waals surface area (Å²) in [4.78, 5) is 23.6. The summed E-state index contributed by atoms with van der Waals surface area (Å²) in [6, 6.07) is 7.04. The summed E-state index contributed by atoms with van der Waals surface area (Å²) in [6.45, 7) is 4.25. The number of nitrogens with one attached hydrogen (secondary N) is 1. The summed E-state index contributed by atoms with van der Waals surface area (Å²) >= 11 is 0. The van der Waals surface area contributed by atoms with Gasteiger partial charge in [-0.3, -0.25) is 9.59 Å². The number of rotatable bonds is 5. The predicted molar refractivity (Wildman–Crippen MR) is 67.9 cm³/mol. The number of ether oxygens (including phenoxy) is 1. The van der Waals surface area contributed by atoms with Crippen molar-refractivity contribution in [2.24, 2.45) is 0 Å². The Balaban J connectivity index is 2.16. The van der Waals surface area contributed by atoms with Gasteiger partial charge in [0.05, 0.1) is 12.0 Å². The van der Waals surface area contributed by atoms with Gasteiger partial charge in [0.25, 0.3) is 0 Å². The van der Waals surface area contributed by atoms with Gasteiger partial charge < -0.3 is 10.1 Å². The lowest BCUT2D eigenvalue weighted by atomic mass is 9.93. The van der Waals surface area contributed by atoms with E-state index in [1.54, 1.807) is 18.2 Å². The topological polar surface area (TPSA) is 55.4 Å². The van der Waals surface area contributed by atoms with E-state index in [1.165, 1.54) is 6.26 Å². The third kappa shape index (κ3) is 2.32. The number of hydrogen-bond donors (Lipinski definition) is 1. The fourth-order valence-corrected chi connectivity index (χ4v) is 1.75. The molecule has 2 rings (SSSR count). The largest absolute Gasteiger partial charge is 0.500 e. The minimum Gasteiger partial charge on any atom is -0.500 e. The maximum atomic E-state index is 11.8. The molecule has 4 nitrogen and oxygen atoms in total. The van der Waals surface area contributed by atoms with E-state index in [0.29, 0.717) is 24.4 Å². The summed E-state index contributed by atoms with van der Waals surface area (Å²) in [5.41, 5.74) is 1.52. The van der Waals surface area contributed by atoms with Gasteiger partial charge in [-0.15, -0.1) is 0 Å². The molecule has 0 aliphatic heterocycles. The quantitative estimate of drug-likeness (QED) is 0.484. The summed E-state index contributed by atoms with van der Waals surface area (Å²) in [5.74, 6) is -0.979. The van der Waals surface area contributed by atoms with E-state index in [4.69, 9.17) is 4.74 Å². The van der Waals surface area contributed by atoms with Crippen LogP contribution in [0.5, 0.6) is 0 Å². The van der Waals surface area contributed by atoms with Crippen molar-refractivity contribution in [1.82, 2.24) is 5.32 Å². The molecular weight excluding hydrogens is 230 g/mol. The van der Waals surface area contributed by atoms with E-state index in [-0.39, 0.29) is 0 Å². The van der Waals surface area contributed by atoms with Gasteiger partial charge in [0.2, 0.25) is 11.6 Å². The zero-order valence-corrected chi connectivity index (χ0v) is 9.81. The Kier molecular flexibility index (Phi) is 3.57. The monoisotopic (exact) mass is 243 g/mol. The minimum atomic E-state index is -0.507. The Morgan fingerprint density at radius 2 is 2.00 bits per heavy atom. The first-order chi connectivity index (χ1) is 8.74. The molecule has 0 aromatic heterocycles. The van der Waals surface area contributed by atoms with E-state index in [0.717, 1.165) is 5.56 Å². The average molecular weight is 243 g/mol. The molecule has 0 atom stereocenters. The first kappa shape index (κ1) is 12.1. The van der Waals surface area contributed by atoms with E-state index in [1.807, 2.05) is 12.1 Å². The van der Waals surface area contributed by atoms with Crippen LogP contribution in [0.2, 0.25) is 0 Å². The second-order valence-corrected chi connectivity index (χ2v) is 3.77. The molecule has 92 valence electrons. The molecular formula is C14H13NO3. The third-order valence-electron chi connectivity index (χ3n) is 2.61. The van der Waals surface area contributed by atoms with Gasteiger partial charge in [-0.1, -0.05) is 30.8 Å². The molecule has 18 heavy (non-hydrogen) atoms. The second kappa shape index (κ2) is 5.31. The first-order valence-corrected chi connectivity index (χ1v) is 5.60. The maximum absolute atomic E-state index is 11.8. The summed E-state index contributed by atoms with van der Waals surface area (Å²) in [5, 5.41) is 2.90. The molecule has 0 spiro atoms. The van der Waals surface area contributed by atoms with Crippen LogP contribution in [0.1, 0.15) is 15.9 Å². The van der Waals surface area contributed by atoms with Gasteiger partial charge in [0.1, 0.15) is 6.61 Å². The Bertz CT molecular complexity index is 532. The van der Waals surface area contributed by atoms with Gasteiger partial charge in [-0.25, -0.2) is 0 Å². The van der Waals surface area contributed by atoms with Gasteiger partial charge in [0, 0.05) is 12.1 Å². The van der Waals surface area contributed by atoms with Crippen molar-refractivity contribution >= 4 is 17.6 Å². The van der Waals surface area contributed by atoms with Crippen molar-refractivity contribution in [2.75, 3.05) is 13.2 Å². The summed E-state index contributed by atoms with van der Waals surface area (Å²) in [6.07, 6.45) is 3.02. The number of Topliss-reactive ketones (excluding diaryl/α,β-unsaturated/α-hetero) is 2. The SMILES string of the molecule is C=COCCNC1=Cc2ccccc2C(=O)C1=O. The van der Waals surface area contributed by atoms with E-state index in [9.17, 15) is 9.59 Å². The highest BCUT2D eigenvalue weighted by Gasteiger charge is 2.26. The van der Waals surface area contributed by atoms with Crippen molar-refractivity contribution in [3.8, 4) is 0 Å². The number of hydrogen-bond acceptors (Lipinski definition) is 4. The van der Waals surface area contributed by atoms with Crippen LogP contribution >= 0.6 is 0 Å². The molecule has 1 aliphatic rings. The lowest BCUT2D eigenvalue weighted by molar-refractivity contribution is -0.112. The highest BCUT2D eigenvalue weighted by atomic mass is 16.5. The number of ketones is 2. The Labute approximate surface area is 105 Å². The zero-order chi connectivity index (χ0) is 13.0. The fraction of sp³-hybridized carbons (Fsp3) is 0.143. The molecule has 1 aromatic carbocycles. The Morgan fingerprint density at radius 3 is 2.78 bits per heavy atom. The van der Waals surface area contributed by atoms with Crippen LogP contribution in [0.4, 0.5) is 0 Å². The molecule has 1 aliphatic carbocycles. The zero-order valence-electron chi connectivity index (χ0n) is 9.81. The number of carbonyl (C=O) groups excluding carboxylic acids is 2. The molecule has 0 fully saturated rings. The van der Waals surface area contributed by atoms with Crippen molar-refractivity contribution in [2.45, 2.75) is 0 Å². The molecule has 4 heteroatoms. The van der Waals surface area contributed by atoms with Gasteiger partial charge in [0.15, 0.2) is 0 Å².